The molecule has 2 N–H and O–H groups in total. The van der Waals surface area contributed by atoms with E-state index in [-0.39, 0.29) is 12.5 Å². The Morgan fingerprint density at radius 1 is 1.35 bits per heavy atom. The van der Waals surface area contributed by atoms with Gasteiger partial charge in [0.05, 0.1) is 6.10 Å². The summed E-state index contributed by atoms with van der Waals surface area (Å²) in [5.41, 5.74) is 0.492. The Balaban J connectivity index is 1.92. The van der Waals surface area contributed by atoms with Crippen LogP contribution in [-0.4, -0.2) is 62.4 Å². The van der Waals surface area contributed by atoms with Crippen LogP contribution in [0.2, 0.25) is 0 Å². The van der Waals surface area contributed by atoms with Crippen LogP contribution in [0.25, 0.3) is 0 Å². The first-order valence-corrected chi connectivity index (χ1v) is 6.57. The van der Waals surface area contributed by atoms with Gasteiger partial charge in [0.15, 0.2) is 11.5 Å². The first-order valence-electron chi connectivity index (χ1n) is 6.57. The number of fused-ring (bicyclic) bond motifs is 1. The Kier molecular flexibility index (Phi) is 4.81. The summed E-state index contributed by atoms with van der Waals surface area (Å²) in [6.07, 6.45) is -0.592. The molecular formula is C14H20N2O4. The average molecular weight is 280 g/mol. The molecule has 0 radical (unpaired) electrons. The maximum atomic E-state index is 12.0. The van der Waals surface area contributed by atoms with Crippen molar-refractivity contribution in [2.24, 2.45) is 0 Å². The van der Waals surface area contributed by atoms with Crippen LogP contribution in [0.3, 0.4) is 0 Å². The van der Waals surface area contributed by atoms with Gasteiger partial charge in [-0.1, -0.05) is 0 Å². The van der Waals surface area contributed by atoms with Gasteiger partial charge < -0.3 is 24.8 Å². The predicted molar refractivity (Wildman–Crippen MR) is 74.3 cm³/mol. The van der Waals surface area contributed by atoms with E-state index in [1.165, 1.54) is 0 Å². The van der Waals surface area contributed by atoms with Crippen molar-refractivity contribution in [2.45, 2.75) is 6.10 Å². The third-order valence-electron chi connectivity index (χ3n) is 2.88. The third kappa shape index (κ3) is 3.85. The molecule has 0 aliphatic carbocycles. The molecule has 1 aliphatic heterocycles. The zero-order valence-corrected chi connectivity index (χ0v) is 11.8. The number of aliphatic hydroxyl groups excluding tert-OH is 1. The molecule has 0 aromatic heterocycles. The second kappa shape index (κ2) is 6.58. The SMILES string of the molecule is CN(C)CC(O)CNC(=O)c1ccc2c(c1)OCCO2. The molecule has 1 aromatic rings. The Labute approximate surface area is 118 Å². The van der Waals surface area contributed by atoms with E-state index in [1.54, 1.807) is 18.2 Å². The smallest absolute Gasteiger partial charge is 0.251 e. The summed E-state index contributed by atoms with van der Waals surface area (Å²) < 4.78 is 10.8. The molecule has 0 spiro atoms. The van der Waals surface area contributed by atoms with Gasteiger partial charge in [-0.25, -0.2) is 0 Å². The summed E-state index contributed by atoms with van der Waals surface area (Å²) >= 11 is 0. The maximum Gasteiger partial charge on any atom is 0.251 e. The number of likely N-dealkylation sites (N-methyl/N-ethyl adjacent to an activating group) is 1. The number of hydrogen-bond acceptors (Lipinski definition) is 5. The van der Waals surface area contributed by atoms with E-state index in [1.807, 2.05) is 19.0 Å². The Hall–Kier alpha value is -1.79. The van der Waals surface area contributed by atoms with Crippen LogP contribution in [0, 0.1) is 0 Å². The molecular weight excluding hydrogens is 260 g/mol. The van der Waals surface area contributed by atoms with E-state index in [9.17, 15) is 9.90 Å². The lowest BCUT2D eigenvalue weighted by molar-refractivity contribution is 0.0891. The zero-order chi connectivity index (χ0) is 14.5. The quantitative estimate of drug-likeness (QED) is 0.801. The first kappa shape index (κ1) is 14.6. The number of nitrogens with one attached hydrogen (secondary N) is 1. The fraction of sp³-hybridized carbons (Fsp3) is 0.500. The van der Waals surface area contributed by atoms with Crippen LogP contribution in [0.5, 0.6) is 11.5 Å². The molecule has 6 nitrogen and oxygen atoms in total. The normalized spacial score (nSPS) is 15.0. The Bertz CT molecular complexity index is 476. The summed E-state index contributed by atoms with van der Waals surface area (Å²) in [5.74, 6) is 0.998. The Morgan fingerprint density at radius 2 is 2.05 bits per heavy atom. The van der Waals surface area contributed by atoms with Gasteiger partial charge in [0, 0.05) is 18.7 Å². The molecule has 0 saturated carbocycles. The summed E-state index contributed by atoms with van der Waals surface area (Å²) in [7, 11) is 3.73. The lowest BCUT2D eigenvalue weighted by Crippen LogP contribution is -2.37. The van der Waals surface area contributed by atoms with Crippen LogP contribution in [-0.2, 0) is 0 Å². The molecule has 0 fully saturated rings. The second-order valence-electron chi connectivity index (χ2n) is 4.98. The van der Waals surface area contributed by atoms with Crippen molar-refractivity contribution in [3.05, 3.63) is 23.8 Å². The highest BCUT2D eigenvalue weighted by Crippen LogP contribution is 2.30. The summed E-state index contributed by atoms with van der Waals surface area (Å²) in [6, 6.07) is 5.06. The van der Waals surface area contributed by atoms with Crippen molar-refractivity contribution in [3.63, 3.8) is 0 Å². The van der Waals surface area contributed by atoms with Crippen molar-refractivity contribution in [3.8, 4) is 11.5 Å². The van der Waals surface area contributed by atoms with Crippen molar-refractivity contribution < 1.29 is 19.4 Å². The van der Waals surface area contributed by atoms with Crippen LogP contribution in [0.15, 0.2) is 18.2 Å². The number of carbonyl (C=O) groups is 1. The molecule has 0 saturated heterocycles. The molecule has 1 aromatic carbocycles. The second-order valence-corrected chi connectivity index (χ2v) is 4.98. The number of benzene rings is 1. The van der Waals surface area contributed by atoms with Crippen LogP contribution in [0.1, 0.15) is 10.4 Å². The minimum absolute atomic E-state index is 0.214. The molecule has 1 amide bonds. The molecule has 6 heteroatoms. The zero-order valence-electron chi connectivity index (χ0n) is 11.8. The van der Waals surface area contributed by atoms with Crippen LogP contribution >= 0.6 is 0 Å². The van der Waals surface area contributed by atoms with E-state index < -0.39 is 6.10 Å². The lowest BCUT2D eigenvalue weighted by Gasteiger charge is -2.19. The fourth-order valence-electron chi connectivity index (χ4n) is 1.98. The summed E-state index contributed by atoms with van der Waals surface area (Å²) in [5, 5.41) is 12.4. The standard InChI is InChI=1S/C14H20N2O4/c1-16(2)9-11(17)8-15-14(18)10-3-4-12-13(7-10)20-6-5-19-12/h3-4,7,11,17H,5-6,8-9H2,1-2H3,(H,15,18). The molecule has 110 valence electrons. The largest absolute Gasteiger partial charge is 0.486 e. The number of carbonyl (C=O) groups excluding carboxylic acids is 1. The van der Waals surface area contributed by atoms with Crippen molar-refractivity contribution in [2.75, 3.05) is 40.4 Å². The first-order chi connectivity index (χ1) is 9.56. The summed E-state index contributed by atoms with van der Waals surface area (Å²) in [4.78, 5) is 13.9. The monoisotopic (exact) mass is 280 g/mol. The van der Waals surface area contributed by atoms with Gasteiger partial charge >= 0.3 is 0 Å². The number of nitrogens with zero attached hydrogens (tertiary/aromatic N) is 1. The molecule has 1 aliphatic rings. The highest BCUT2D eigenvalue weighted by Gasteiger charge is 2.15. The van der Waals surface area contributed by atoms with Crippen molar-refractivity contribution >= 4 is 5.91 Å². The van der Waals surface area contributed by atoms with Gasteiger partial charge in [0.1, 0.15) is 13.2 Å². The minimum atomic E-state index is -0.592. The number of hydrogen-bond donors (Lipinski definition) is 2. The molecule has 2 rings (SSSR count). The lowest BCUT2D eigenvalue weighted by atomic mass is 10.1. The van der Waals surface area contributed by atoms with Gasteiger partial charge in [0.25, 0.3) is 5.91 Å². The van der Waals surface area contributed by atoms with E-state index in [0.29, 0.717) is 36.8 Å². The number of ether oxygens (including phenoxy) is 2. The highest BCUT2D eigenvalue weighted by atomic mass is 16.6. The Morgan fingerprint density at radius 3 is 2.75 bits per heavy atom. The van der Waals surface area contributed by atoms with E-state index in [0.717, 1.165) is 0 Å². The van der Waals surface area contributed by atoms with Crippen molar-refractivity contribution in [1.29, 1.82) is 0 Å². The van der Waals surface area contributed by atoms with Gasteiger partial charge in [-0.3, -0.25) is 4.79 Å². The van der Waals surface area contributed by atoms with Crippen LogP contribution in [0.4, 0.5) is 0 Å². The number of amides is 1. The molecule has 0 bridgehead atoms. The minimum Gasteiger partial charge on any atom is -0.486 e. The molecule has 1 heterocycles. The third-order valence-corrected chi connectivity index (χ3v) is 2.88. The topological polar surface area (TPSA) is 71.0 Å². The van der Waals surface area contributed by atoms with E-state index in [4.69, 9.17) is 9.47 Å². The van der Waals surface area contributed by atoms with E-state index >= 15 is 0 Å². The van der Waals surface area contributed by atoms with Crippen molar-refractivity contribution in [1.82, 2.24) is 10.2 Å². The molecule has 20 heavy (non-hydrogen) atoms. The predicted octanol–water partition coefficient (Wildman–Crippen LogP) is 0.110. The highest BCUT2D eigenvalue weighted by molar-refractivity contribution is 5.94. The number of rotatable bonds is 5. The average Bonchev–Trinajstić information content (AvgIpc) is 2.43. The van der Waals surface area contributed by atoms with E-state index in [2.05, 4.69) is 5.32 Å². The number of aliphatic hydroxyl groups is 1. The fourth-order valence-corrected chi connectivity index (χ4v) is 1.98. The molecule has 1 unspecified atom stereocenters. The van der Waals surface area contributed by atoms with Crippen LogP contribution < -0.4 is 14.8 Å². The van der Waals surface area contributed by atoms with Gasteiger partial charge in [0.2, 0.25) is 0 Å². The van der Waals surface area contributed by atoms with Gasteiger partial charge in [-0.05, 0) is 32.3 Å². The maximum absolute atomic E-state index is 12.0. The molecule has 1 atom stereocenters. The van der Waals surface area contributed by atoms with Gasteiger partial charge in [-0.2, -0.15) is 0 Å². The van der Waals surface area contributed by atoms with Gasteiger partial charge in [-0.15, -0.1) is 0 Å². The summed E-state index contributed by atoms with van der Waals surface area (Å²) in [6.45, 7) is 1.72.